The molecule has 1 aliphatic heterocycles. The van der Waals surface area contributed by atoms with Gasteiger partial charge in [-0.25, -0.2) is 8.42 Å². The molecule has 1 atom stereocenters. The summed E-state index contributed by atoms with van der Waals surface area (Å²) < 4.78 is 37.7. The van der Waals surface area contributed by atoms with E-state index in [2.05, 4.69) is 5.32 Å². The molecule has 1 heterocycles. The van der Waals surface area contributed by atoms with E-state index in [4.69, 9.17) is 32.7 Å². The van der Waals surface area contributed by atoms with E-state index in [1.54, 1.807) is 37.3 Å². The fraction of sp³-hybridized carbons (Fsp3) is 0.440. The Labute approximate surface area is 227 Å². The van der Waals surface area contributed by atoms with Gasteiger partial charge in [0.1, 0.15) is 25.8 Å². The van der Waals surface area contributed by atoms with E-state index in [1.807, 2.05) is 13.8 Å². The SMILES string of the molecule is CCC(C(=O)NC(C)C)N(Cc1c(Cl)cccc1Cl)C(=O)CN(c1ccc2c(c1)OCCO2)S(C)(=O)=O. The lowest BCUT2D eigenvalue weighted by Gasteiger charge is -2.33. The second kappa shape index (κ2) is 12.2. The van der Waals surface area contributed by atoms with Gasteiger partial charge in [-0.2, -0.15) is 0 Å². The molecule has 37 heavy (non-hydrogen) atoms. The smallest absolute Gasteiger partial charge is 0.244 e. The molecule has 0 saturated heterocycles. The number of carbonyl (C=O) groups is 2. The predicted octanol–water partition coefficient (Wildman–Crippen LogP) is 3.86. The lowest BCUT2D eigenvalue weighted by Crippen LogP contribution is -2.53. The molecule has 3 rings (SSSR count). The Bertz CT molecular complexity index is 1230. The van der Waals surface area contributed by atoms with Crippen LogP contribution >= 0.6 is 23.2 Å². The molecule has 0 saturated carbocycles. The van der Waals surface area contributed by atoms with Gasteiger partial charge < -0.3 is 19.7 Å². The molecule has 0 aliphatic carbocycles. The first-order chi connectivity index (χ1) is 17.4. The van der Waals surface area contributed by atoms with Crippen LogP contribution in [0.25, 0.3) is 0 Å². The number of hydrogen-bond acceptors (Lipinski definition) is 6. The second-order valence-corrected chi connectivity index (χ2v) is 11.6. The van der Waals surface area contributed by atoms with Crippen molar-refractivity contribution in [3.8, 4) is 11.5 Å². The minimum Gasteiger partial charge on any atom is -0.486 e. The van der Waals surface area contributed by atoms with Crippen LogP contribution in [0.3, 0.4) is 0 Å². The molecule has 9 nitrogen and oxygen atoms in total. The van der Waals surface area contributed by atoms with Crippen molar-refractivity contribution in [2.24, 2.45) is 0 Å². The molecule has 0 radical (unpaired) electrons. The second-order valence-electron chi connectivity index (χ2n) is 8.91. The lowest BCUT2D eigenvalue weighted by atomic mass is 10.1. The van der Waals surface area contributed by atoms with Crippen molar-refractivity contribution in [2.75, 3.05) is 30.3 Å². The summed E-state index contributed by atoms with van der Waals surface area (Å²) in [4.78, 5) is 28.2. The number of rotatable bonds is 10. The van der Waals surface area contributed by atoms with Crippen LogP contribution in [-0.4, -0.2) is 63.2 Å². The number of ether oxygens (including phenoxy) is 2. The number of benzene rings is 2. The van der Waals surface area contributed by atoms with Crippen molar-refractivity contribution in [2.45, 2.75) is 45.8 Å². The summed E-state index contributed by atoms with van der Waals surface area (Å²) in [5, 5.41) is 3.49. The number of amides is 2. The van der Waals surface area contributed by atoms with Gasteiger partial charge in [0.15, 0.2) is 11.5 Å². The Balaban J connectivity index is 2.00. The Morgan fingerprint density at radius 2 is 1.68 bits per heavy atom. The third-order valence-corrected chi connectivity index (χ3v) is 7.55. The Kier molecular flexibility index (Phi) is 9.55. The van der Waals surface area contributed by atoms with Gasteiger partial charge in [-0.05, 0) is 44.5 Å². The van der Waals surface area contributed by atoms with Crippen LogP contribution in [0.15, 0.2) is 36.4 Å². The number of carbonyl (C=O) groups excluding carboxylic acids is 2. The van der Waals surface area contributed by atoms with Crippen LogP contribution in [0.5, 0.6) is 11.5 Å². The van der Waals surface area contributed by atoms with Crippen LogP contribution in [0, 0.1) is 0 Å². The van der Waals surface area contributed by atoms with Crippen molar-refractivity contribution >= 4 is 50.7 Å². The van der Waals surface area contributed by atoms with Gasteiger partial charge in [0.2, 0.25) is 21.8 Å². The van der Waals surface area contributed by atoms with Gasteiger partial charge in [0.05, 0.1) is 11.9 Å². The molecule has 0 aromatic heterocycles. The molecule has 2 aromatic carbocycles. The number of fused-ring (bicyclic) bond motifs is 1. The molecule has 0 spiro atoms. The van der Waals surface area contributed by atoms with Crippen LogP contribution in [-0.2, 0) is 26.2 Å². The number of hydrogen-bond donors (Lipinski definition) is 1. The lowest BCUT2D eigenvalue weighted by molar-refractivity contribution is -0.140. The van der Waals surface area contributed by atoms with E-state index < -0.39 is 28.5 Å². The standard InChI is InChI=1S/C25H31Cl2N3O6S/c1-5-21(25(32)28-16(2)3)29(14-18-19(26)7-6-8-20(18)27)24(31)15-30(37(4,33)34)17-9-10-22-23(13-17)36-12-11-35-22/h6-10,13,16,21H,5,11-12,14-15H2,1-4H3,(H,28,32). The maximum absolute atomic E-state index is 13.8. The van der Waals surface area contributed by atoms with Crippen molar-refractivity contribution < 1.29 is 27.5 Å². The van der Waals surface area contributed by atoms with E-state index in [9.17, 15) is 18.0 Å². The fourth-order valence-corrected chi connectivity index (χ4v) is 5.31. The van der Waals surface area contributed by atoms with Crippen LogP contribution in [0.4, 0.5) is 5.69 Å². The van der Waals surface area contributed by atoms with Crippen LogP contribution < -0.4 is 19.1 Å². The highest BCUT2D eigenvalue weighted by Crippen LogP contribution is 2.35. The highest BCUT2D eigenvalue weighted by Gasteiger charge is 2.33. The van der Waals surface area contributed by atoms with Gasteiger partial charge in [-0.15, -0.1) is 0 Å². The molecule has 1 aliphatic rings. The summed E-state index contributed by atoms with van der Waals surface area (Å²) in [7, 11) is -3.90. The third kappa shape index (κ3) is 7.21. The Hall–Kier alpha value is -2.69. The zero-order chi connectivity index (χ0) is 27.3. The van der Waals surface area contributed by atoms with Gasteiger partial charge >= 0.3 is 0 Å². The molecule has 1 N–H and O–H groups in total. The van der Waals surface area contributed by atoms with Crippen LogP contribution in [0.1, 0.15) is 32.8 Å². The molecular weight excluding hydrogens is 541 g/mol. The molecule has 12 heteroatoms. The van der Waals surface area contributed by atoms with E-state index in [0.717, 1.165) is 10.6 Å². The largest absolute Gasteiger partial charge is 0.486 e. The average molecular weight is 573 g/mol. The van der Waals surface area contributed by atoms with Crippen molar-refractivity contribution in [3.05, 3.63) is 52.0 Å². The molecule has 1 unspecified atom stereocenters. The van der Waals surface area contributed by atoms with E-state index in [1.165, 1.54) is 11.0 Å². The third-order valence-electron chi connectivity index (χ3n) is 5.70. The summed E-state index contributed by atoms with van der Waals surface area (Å²) in [6, 6.07) is 8.56. The maximum Gasteiger partial charge on any atom is 0.244 e. The number of anilines is 1. The van der Waals surface area contributed by atoms with E-state index in [0.29, 0.717) is 40.3 Å². The molecule has 2 aromatic rings. The van der Waals surface area contributed by atoms with Gasteiger partial charge in [0.25, 0.3) is 0 Å². The number of sulfonamides is 1. The zero-order valence-corrected chi connectivity index (χ0v) is 23.5. The molecule has 202 valence electrons. The number of nitrogens with one attached hydrogen (secondary N) is 1. The van der Waals surface area contributed by atoms with Gasteiger partial charge in [-0.1, -0.05) is 36.2 Å². The van der Waals surface area contributed by atoms with E-state index in [-0.39, 0.29) is 30.6 Å². The topological polar surface area (TPSA) is 105 Å². The first kappa shape index (κ1) is 28.9. The summed E-state index contributed by atoms with van der Waals surface area (Å²) >= 11 is 12.8. The fourth-order valence-electron chi connectivity index (χ4n) is 3.95. The molecule has 2 amide bonds. The van der Waals surface area contributed by atoms with Crippen molar-refractivity contribution in [3.63, 3.8) is 0 Å². The quantitative estimate of drug-likeness (QED) is 0.464. The summed E-state index contributed by atoms with van der Waals surface area (Å²) in [5.41, 5.74) is 0.690. The first-order valence-corrected chi connectivity index (χ1v) is 14.4. The van der Waals surface area contributed by atoms with Gasteiger partial charge in [-0.3, -0.25) is 13.9 Å². The highest BCUT2D eigenvalue weighted by atomic mass is 35.5. The van der Waals surface area contributed by atoms with E-state index >= 15 is 0 Å². The highest BCUT2D eigenvalue weighted by molar-refractivity contribution is 7.92. The normalized spacial score (nSPS) is 13.7. The Morgan fingerprint density at radius 3 is 2.24 bits per heavy atom. The van der Waals surface area contributed by atoms with Crippen molar-refractivity contribution in [1.82, 2.24) is 10.2 Å². The summed E-state index contributed by atoms with van der Waals surface area (Å²) in [6.07, 6.45) is 1.30. The Morgan fingerprint density at radius 1 is 1.05 bits per heavy atom. The zero-order valence-electron chi connectivity index (χ0n) is 21.2. The van der Waals surface area contributed by atoms with Crippen molar-refractivity contribution in [1.29, 1.82) is 0 Å². The molecule has 0 fully saturated rings. The number of nitrogens with zero attached hydrogens (tertiary/aromatic N) is 2. The minimum atomic E-state index is -3.90. The number of halogens is 2. The molecular formula is C25H31Cl2N3O6S. The summed E-state index contributed by atoms with van der Waals surface area (Å²) in [6.45, 7) is 5.48. The molecule has 0 bridgehead atoms. The maximum atomic E-state index is 13.8. The van der Waals surface area contributed by atoms with Gasteiger partial charge in [0, 0.05) is 34.3 Å². The monoisotopic (exact) mass is 571 g/mol. The van der Waals surface area contributed by atoms with Crippen LogP contribution in [0.2, 0.25) is 10.0 Å². The predicted molar refractivity (Wildman–Crippen MR) is 144 cm³/mol. The minimum absolute atomic E-state index is 0.0832. The first-order valence-electron chi connectivity index (χ1n) is 11.8. The average Bonchev–Trinajstić information content (AvgIpc) is 2.82. The summed E-state index contributed by atoms with van der Waals surface area (Å²) in [5.74, 6) is -0.0882.